The summed E-state index contributed by atoms with van der Waals surface area (Å²) in [6.45, 7) is 3.54. The topological polar surface area (TPSA) is 83.0 Å². The van der Waals surface area contributed by atoms with Crippen LogP contribution in [0.3, 0.4) is 0 Å². The van der Waals surface area contributed by atoms with Crippen molar-refractivity contribution >= 4 is 39.8 Å². The fourth-order valence-electron chi connectivity index (χ4n) is 4.37. The second-order valence-electron chi connectivity index (χ2n) is 8.11. The molecule has 0 spiro atoms. The van der Waals surface area contributed by atoms with Crippen molar-refractivity contribution in [1.29, 1.82) is 0 Å². The number of H-pyrrole nitrogens is 1. The molecule has 12 heteroatoms. The Bertz CT molecular complexity index is 1120. The van der Waals surface area contributed by atoms with Crippen molar-refractivity contribution in [2.45, 2.75) is 31.1 Å². The number of hydrogen-bond acceptors (Lipinski definition) is 6. The molecule has 0 radical (unpaired) electrons. The van der Waals surface area contributed by atoms with Gasteiger partial charge in [0, 0.05) is 38.1 Å². The fraction of sp³-hybridized carbons (Fsp3) is 0.500. The number of rotatable bonds is 5. The summed E-state index contributed by atoms with van der Waals surface area (Å²) >= 11 is 6.61. The van der Waals surface area contributed by atoms with E-state index in [1.165, 1.54) is 6.07 Å². The maximum atomic E-state index is 13.3. The highest BCUT2D eigenvalue weighted by molar-refractivity contribution is 6.32. The first-order valence-corrected chi connectivity index (χ1v) is 10.8. The highest BCUT2D eigenvalue weighted by atomic mass is 35.5. The zero-order valence-electron chi connectivity index (χ0n) is 17.3. The van der Waals surface area contributed by atoms with Crippen LogP contribution in [0.1, 0.15) is 24.4 Å². The standard InChI is InChI=1S/C20H23ClF3N7O/c1-25-14-6-16(29-19-17(14)13(7-26-19)20(22,23)24)28-15-8-27-31(18(15)21)11-2-4-30(5-3-11)12-9-32-10-12/h6-8,11-12H,2-5,9-10H2,1H3,(H3,25,26,28,29). The minimum absolute atomic E-state index is 0.00374. The lowest BCUT2D eigenvalue weighted by atomic mass is 10.0. The highest BCUT2D eigenvalue weighted by Gasteiger charge is 2.35. The number of hydrogen-bond donors (Lipinski definition) is 3. The fourth-order valence-corrected chi connectivity index (χ4v) is 4.65. The number of piperidine rings is 1. The molecule has 2 fully saturated rings. The van der Waals surface area contributed by atoms with E-state index in [1.54, 1.807) is 13.2 Å². The van der Waals surface area contributed by atoms with Gasteiger partial charge in [-0.25, -0.2) is 9.67 Å². The van der Waals surface area contributed by atoms with Gasteiger partial charge in [0.1, 0.15) is 11.5 Å². The third kappa shape index (κ3) is 3.78. The van der Waals surface area contributed by atoms with Crippen molar-refractivity contribution in [3.63, 3.8) is 0 Å². The van der Waals surface area contributed by atoms with E-state index >= 15 is 0 Å². The van der Waals surface area contributed by atoms with Gasteiger partial charge in [-0.15, -0.1) is 0 Å². The van der Waals surface area contributed by atoms with E-state index in [1.807, 2.05) is 4.68 Å². The summed E-state index contributed by atoms with van der Waals surface area (Å²) in [5, 5.41) is 10.8. The average molecular weight is 470 g/mol. The predicted octanol–water partition coefficient (Wildman–Crippen LogP) is 4.25. The van der Waals surface area contributed by atoms with E-state index in [2.05, 4.69) is 30.6 Å². The molecule has 8 nitrogen and oxygen atoms in total. The summed E-state index contributed by atoms with van der Waals surface area (Å²) in [5.74, 6) is 0.360. The molecule has 2 aliphatic rings. The Morgan fingerprint density at radius 2 is 1.94 bits per heavy atom. The largest absolute Gasteiger partial charge is 0.418 e. The van der Waals surface area contributed by atoms with E-state index < -0.39 is 11.7 Å². The first-order chi connectivity index (χ1) is 15.3. The Labute approximate surface area is 187 Å². The number of alkyl halides is 3. The molecule has 0 aliphatic carbocycles. The number of halogens is 4. The molecule has 172 valence electrons. The molecule has 0 saturated carbocycles. The van der Waals surface area contributed by atoms with Crippen LogP contribution in [0.4, 0.5) is 30.4 Å². The zero-order valence-corrected chi connectivity index (χ0v) is 18.1. The van der Waals surface area contributed by atoms with Crippen LogP contribution < -0.4 is 10.6 Å². The summed E-state index contributed by atoms with van der Waals surface area (Å²) in [7, 11) is 1.57. The number of aromatic nitrogens is 4. The predicted molar refractivity (Wildman–Crippen MR) is 116 cm³/mol. The third-order valence-electron chi connectivity index (χ3n) is 6.20. The number of fused-ring (bicyclic) bond motifs is 1. The quantitative estimate of drug-likeness (QED) is 0.518. The van der Waals surface area contributed by atoms with Crippen LogP contribution in [0, 0.1) is 0 Å². The molecule has 5 heterocycles. The lowest BCUT2D eigenvalue weighted by Gasteiger charge is -2.41. The van der Waals surface area contributed by atoms with Crippen molar-refractivity contribution in [3.05, 3.63) is 29.2 Å². The van der Waals surface area contributed by atoms with Gasteiger partial charge in [0.05, 0.1) is 48.1 Å². The van der Waals surface area contributed by atoms with Gasteiger partial charge in [0.25, 0.3) is 0 Å². The zero-order chi connectivity index (χ0) is 22.5. The molecule has 2 saturated heterocycles. The summed E-state index contributed by atoms with van der Waals surface area (Å²) in [4.78, 5) is 9.36. The van der Waals surface area contributed by atoms with Gasteiger partial charge < -0.3 is 20.4 Å². The lowest BCUT2D eigenvalue weighted by molar-refractivity contribution is -0.136. The number of anilines is 3. The summed E-state index contributed by atoms with van der Waals surface area (Å²) < 4.78 is 47.0. The van der Waals surface area contributed by atoms with E-state index in [-0.39, 0.29) is 17.1 Å². The summed E-state index contributed by atoms with van der Waals surface area (Å²) in [6, 6.07) is 2.24. The Morgan fingerprint density at radius 1 is 1.19 bits per heavy atom. The molecular weight excluding hydrogens is 447 g/mol. The maximum absolute atomic E-state index is 13.3. The summed E-state index contributed by atoms with van der Waals surface area (Å²) in [6.07, 6.45) is -0.0565. The van der Waals surface area contributed by atoms with Crippen LogP contribution in [-0.2, 0) is 10.9 Å². The van der Waals surface area contributed by atoms with Gasteiger partial charge >= 0.3 is 6.18 Å². The van der Waals surface area contributed by atoms with Crippen LogP contribution in [0.25, 0.3) is 11.0 Å². The van der Waals surface area contributed by atoms with E-state index in [4.69, 9.17) is 16.3 Å². The van der Waals surface area contributed by atoms with Gasteiger partial charge in [-0.05, 0) is 12.8 Å². The van der Waals surface area contributed by atoms with Gasteiger partial charge in [0.2, 0.25) is 0 Å². The van der Waals surface area contributed by atoms with Crippen molar-refractivity contribution < 1.29 is 17.9 Å². The number of likely N-dealkylation sites (tertiary alicyclic amines) is 1. The first-order valence-electron chi connectivity index (χ1n) is 10.4. The molecule has 32 heavy (non-hydrogen) atoms. The second-order valence-corrected chi connectivity index (χ2v) is 8.46. The Morgan fingerprint density at radius 3 is 2.56 bits per heavy atom. The highest BCUT2D eigenvalue weighted by Crippen LogP contribution is 2.39. The summed E-state index contributed by atoms with van der Waals surface area (Å²) in [5.41, 5.74) is 0.226. The van der Waals surface area contributed by atoms with E-state index in [0.717, 1.165) is 45.3 Å². The lowest BCUT2D eigenvalue weighted by Crippen LogP contribution is -2.51. The molecule has 5 rings (SSSR count). The molecule has 0 atom stereocenters. The normalized spacial score (nSPS) is 18.8. The van der Waals surface area contributed by atoms with Crippen LogP contribution in [-0.4, -0.2) is 64.0 Å². The van der Waals surface area contributed by atoms with Crippen molar-refractivity contribution in [2.75, 3.05) is 44.0 Å². The van der Waals surface area contributed by atoms with Crippen molar-refractivity contribution in [2.24, 2.45) is 0 Å². The SMILES string of the molecule is CNc1cc(Nc2cnn(C3CCN(C4COC4)CC3)c2Cl)nc2[nH]cc(C(F)(F)F)c12. The Hall–Kier alpha value is -2.50. The number of pyridine rings is 1. The number of nitrogens with one attached hydrogen (secondary N) is 3. The smallest absolute Gasteiger partial charge is 0.387 e. The van der Waals surface area contributed by atoms with Crippen LogP contribution in [0.15, 0.2) is 18.5 Å². The Balaban J connectivity index is 1.35. The van der Waals surface area contributed by atoms with E-state index in [0.29, 0.717) is 28.4 Å². The monoisotopic (exact) mass is 469 g/mol. The molecule has 0 amide bonds. The number of ether oxygens (including phenoxy) is 1. The molecule has 3 aromatic heterocycles. The molecule has 2 aliphatic heterocycles. The molecule has 0 unspecified atom stereocenters. The maximum Gasteiger partial charge on any atom is 0.418 e. The minimum Gasteiger partial charge on any atom is -0.387 e. The van der Waals surface area contributed by atoms with Gasteiger partial charge in [-0.1, -0.05) is 11.6 Å². The molecule has 0 aromatic carbocycles. The van der Waals surface area contributed by atoms with Gasteiger partial charge in [0.15, 0.2) is 5.15 Å². The minimum atomic E-state index is -4.48. The van der Waals surface area contributed by atoms with Crippen LogP contribution >= 0.6 is 11.6 Å². The van der Waals surface area contributed by atoms with Crippen molar-refractivity contribution in [1.82, 2.24) is 24.6 Å². The van der Waals surface area contributed by atoms with Gasteiger partial charge in [-0.2, -0.15) is 18.3 Å². The third-order valence-corrected chi connectivity index (χ3v) is 6.57. The van der Waals surface area contributed by atoms with Crippen molar-refractivity contribution in [3.8, 4) is 0 Å². The van der Waals surface area contributed by atoms with E-state index in [9.17, 15) is 13.2 Å². The number of nitrogens with zero attached hydrogens (tertiary/aromatic N) is 4. The molecule has 0 bridgehead atoms. The van der Waals surface area contributed by atoms with Gasteiger partial charge in [-0.3, -0.25) is 4.90 Å². The van der Waals surface area contributed by atoms with Crippen LogP contribution in [0.2, 0.25) is 5.15 Å². The molecule has 3 N–H and O–H groups in total. The Kier molecular flexibility index (Phi) is 5.42. The van der Waals surface area contributed by atoms with Crippen LogP contribution in [0.5, 0.6) is 0 Å². The second kappa shape index (κ2) is 8.13. The molecular formula is C20H23ClF3N7O. The molecule has 3 aromatic rings. The first kappa shape index (κ1) is 21.4. The average Bonchev–Trinajstić information content (AvgIpc) is 3.31. The number of aromatic amines is 1.